The molecule has 0 atom stereocenters. The summed E-state index contributed by atoms with van der Waals surface area (Å²) in [7, 11) is 0. The van der Waals surface area contributed by atoms with Crippen molar-refractivity contribution in [2.75, 3.05) is 39.4 Å². The number of nitrogens with zero attached hydrogens (tertiary/aromatic N) is 2. The Morgan fingerprint density at radius 3 is 2.52 bits per heavy atom. The van der Waals surface area contributed by atoms with Gasteiger partial charge in [-0.05, 0) is 57.3 Å². The predicted molar refractivity (Wildman–Crippen MR) is 97.0 cm³/mol. The van der Waals surface area contributed by atoms with Gasteiger partial charge in [0.25, 0.3) is 0 Å². The molecule has 0 aromatic heterocycles. The summed E-state index contributed by atoms with van der Waals surface area (Å²) in [5.41, 5.74) is 1.28. The first-order chi connectivity index (χ1) is 12.0. The number of carbonyl (C=O) groups excluding carboxylic acids is 2. The van der Waals surface area contributed by atoms with Crippen molar-refractivity contribution in [2.24, 2.45) is 11.3 Å². The van der Waals surface area contributed by atoms with Gasteiger partial charge in [-0.15, -0.1) is 0 Å². The lowest BCUT2D eigenvalue weighted by atomic mass is 9.72. The number of hydrogen-bond donors (Lipinski definition) is 0. The van der Waals surface area contributed by atoms with Gasteiger partial charge in [-0.2, -0.15) is 0 Å². The van der Waals surface area contributed by atoms with Gasteiger partial charge in [-0.25, -0.2) is 0 Å². The van der Waals surface area contributed by atoms with Crippen LogP contribution in [-0.2, 0) is 14.3 Å². The van der Waals surface area contributed by atoms with Gasteiger partial charge in [0.2, 0.25) is 11.8 Å². The van der Waals surface area contributed by atoms with Crippen molar-refractivity contribution < 1.29 is 14.3 Å². The molecular weight excluding hydrogens is 316 g/mol. The van der Waals surface area contributed by atoms with Gasteiger partial charge in [0.1, 0.15) is 0 Å². The van der Waals surface area contributed by atoms with Gasteiger partial charge in [-0.3, -0.25) is 9.59 Å². The molecule has 0 aromatic carbocycles. The standard InChI is InChI=1S/C20H32N2O3/c1-16(2)13-19(24)21-9-7-20(8-10-21)6-3-18(23)22(15-20)14-17-4-11-25-12-5-17/h13,17H,3-12,14-15H2,1-2H3. The minimum atomic E-state index is 0.140. The Balaban J connectivity index is 1.56. The molecule has 1 spiro atoms. The van der Waals surface area contributed by atoms with E-state index in [9.17, 15) is 9.59 Å². The van der Waals surface area contributed by atoms with E-state index in [1.165, 1.54) is 0 Å². The normalized spacial score (nSPS) is 24.5. The van der Waals surface area contributed by atoms with Gasteiger partial charge in [0, 0.05) is 51.9 Å². The van der Waals surface area contributed by atoms with Gasteiger partial charge in [0.15, 0.2) is 0 Å². The minimum absolute atomic E-state index is 0.140. The lowest BCUT2D eigenvalue weighted by Crippen LogP contribution is -2.53. The molecule has 0 saturated carbocycles. The zero-order chi connectivity index (χ0) is 17.9. The summed E-state index contributed by atoms with van der Waals surface area (Å²) >= 11 is 0. The first kappa shape index (κ1) is 18.4. The molecule has 5 heteroatoms. The summed E-state index contributed by atoms with van der Waals surface area (Å²) in [6.45, 7) is 9.01. The third-order valence-electron chi connectivity index (χ3n) is 6.12. The van der Waals surface area contributed by atoms with E-state index < -0.39 is 0 Å². The summed E-state index contributed by atoms with van der Waals surface area (Å²) in [6, 6.07) is 0. The molecule has 140 valence electrons. The largest absolute Gasteiger partial charge is 0.381 e. The van der Waals surface area contributed by atoms with Crippen LogP contribution in [0.3, 0.4) is 0 Å². The van der Waals surface area contributed by atoms with E-state index in [4.69, 9.17) is 4.74 Å². The Hall–Kier alpha value is -1.36. The van der Waals surface area contributed by atoms with E-state index in [1.54, 1.807) is 6.08 Å². The summed E-state index contributed by atoms with van der Waals surface area (Å²) in [4.78, 5) is 28.7. The van der Waals surface area contributed by atoms with Gasteiger partial charge < -0.3 is 14.5 Å². The van der Waals surface area contributed by atoms with E-state index >= 15 is 0 Å². The number of likely N-dealkylation sites (tertiary alicyclic amines) is 2. The Morgan fingerprint density at radius 2 is 1.88 bits per heavy atom. The SMILES string of the molecule is CC(C)=CC(=O)N1CCC2(CCC(=O)N(CC3CCOCC3)C2)CC1. The summed E-state index contributed by atoms with van der Waals surface area (Å²) in [5, 5.41) is 0. The molecule has 3 saturated heterocycles. The van der Waals surface area contributed by atoms with Crippen LogP contribution in [0.25, 0.3) is 0 Å². The zero-order valence-electron chi connectivity index (χ0n) is 15.8. The monoisotopic (exact) mass is 348 g/mol. The molecule has 3 rings (SSSR count). The molecule has 2 amide bonds. The highest BCUT2D eigenvalue weighted by molar-refractivity contribution is 5.88. The number of hydrogen-bond acceptors (Lipinski definition) is 3. The van der Waals surface area contributed by atoms with Crippen LogP contribution in [0.5, 0.6) is 0 Å². The fourth-order valence-electron chi connectivity index (χ4n) is 4.46. The Bertz CT molecular complexity index is 525. The fraction of sp³-hybridized carbons (Fsp3) is 0.800. The molecule has 5 nitrogen and oxygen atoms in total. The molecule has 0 bridgehead atoms. The summed E-state index contributed by atoms with van der Waals surface area (Å²) in [5.74, 6) is 1.05. The molecule has 3 fully saturated rings. The zero-order valence-corrected chi connectivity index (χ0v) is 15.8. The number of amides is 2. The van der Waals surface area contributed by atoms with E-state index in [0.29, 0.717) is 18.2 Å². The van der Waals surface area contributed by atoms with Crippen LogP contribution >= 0.6 is 0 Å². The lowest BCUT2D eigenvalue weighted by Gasteiger charge is -2.48. The third kappa shape index (κ3) is 4.63. The Morgan fingerprint density at radius 1 is 1.20 bits per heavy atom. The molecule has 3 heterocycles. The number of ether oxygens (including phenoxy) is 1. The fourth-order valence-corrected chi connectivity index (χ4v) is 4.46. The maximum Gasteiger partial charge on any atom is 0.246 e. The molecule has 3 aliphatic rings. The lowest BCUT2D eigenvalue weighted by molar-refractivity contribution is -0.142. The van der Waals surface area contributed by atoms with Crippen molar-refractivity contribution in [1.29, 1.82) is 0 Å². The van der Waals surface area contributed by atoms with Crippen molar-refractivity contribution in [2.45, 2.75) is 52.4 Å². The number of rotatable bonds is 3. The molecule has 3 aliphatic heterocycles. The highest BCUT2D eigenvalue weighted by Crippen LogP contribution is 2.40. The molecule has 0 unspecified atom stereocenters. The van der Waals surface area contributed by atoms with Crippen LogP contribution in [0.15, 0.2) is 11.6 Å². The second kappa shape index (κ2) is 7.90. The first-order valence-corrected chi connectivity index (χ1v) is 9.77. The average Bonchev–Trinajstić information content (AvgIpc) is 2.59. The number of piperidine rings is 2. The molecule has 0 N–H and O–H groups in total. The smallest absolute Gasteiger partial charge is 0.246 e. The van der Waals surface area contributed by atoms with Crippen LogP contribution in [-0.4, -0.2) is 61.0 Å². The molecular formula is C20H32N2O3. The second-order valence-corrected chi connectivity index (χ2v) is 8.38. The van der Waals surface area contributed by atoms with Gasteiger partial charge in [0.05, 0.1) is 0 Å². The summed E-state index contributed by atoms with van der Waals surface area (Å²) < 4.78 is 5.44. The van der Waals surface area contributed by atoms with Crippen LogP contribution in [0.2, 0.25) is 0 Å². The Labute approximate surface area is 151 Å². The van der Waals surface area contributed by atoms with E-state index in [1.807, 2.05) is 18.7 Å². The van der Waals surface area contributed by atoms with Gasteiger partial charge in [-0.1, -0.05) is 5.57 Å². The molecule has 25 heavy (non-hydrogen) atoms. The third-order valence-corrected chi connectivity index (χ3v) is 6.12. The second-order valence-electron chi connectivity index (χ2n) is 8.38. The maximum atomic E-state index is 12.4. The van der Waals surface area contributed by atoms with Crippen molar-refractivity contribution in [1.82, 2.24) is 9.80 Å². The summed E-state index contributed by atoms with van der Waals surface area (Å²) in [6.07, 6.45) is 7.58. The van der Waals surface area contributed by atoms with E-state index in [0.717, 1.165) is 77.1 Å². The van der Waals surface area contributed by atoms with Crippen molar-refractivity contribution in [3.05, 3.63) is 11.6 Å². The van der Waals surface area contributed by atoms with Crippen LogP contribution in [0.1, 0.15) is 52.4 Å². The predicted octanol–water partition coefficient (Wildman–Crippen LogP) is 2.61. The van der Waals surface area contributed by atoms with Crippen molar-refractivity contribution in [3.8, 4) is 0 Å². The van der Waals surface area contributed by atoms with Gasteiger partial charge >= 0.3 is 0 Å². The van der Waals surface area contributed by atoms with Crippen molar-refractivity contribution >= 4 is 11.8 Å². The van der Waals surface area contributed by atoms with E-state index in [-0.39, 0.29) is 11.3 Å². The van der Waals surface area contributed by atoms with Crippen LogP contribution < -0.4 is 0 Å². The minimum Gasteiger partial charge on any atom is -0.381 e. The average molecular weight is 348 g/mol. The number of allylic oxidation sites excluding steroid dienone is 1. The first-order valence-electron chi connectivity index (χ1n) is 9.77. The quantitative estimate of drug-likeness (QED) is 0.737. The molecule has 0 radical (unpaired) electrons. The van der Waals surface area contributed by atoms with E-state index in [2.05, 4.69) is 4.90 Å². The maximum absolute atomic E-state index is 12.4. The molecule has 0 aliphatic carbocycles. The van der Waals surface area contributed by atoms with Crippen LogP contribution in [0.4, 0.5) is 0 Å². The van der Waals surface area contributed by atoms with Crippen molar-refractivity contribution in [3.63, 3.8) is 0 Å². The highest BCUT2D eigenvalue weighted by Gasteiger charge is 2.41. The highest BCUT2D eigenvalue weighted by atomic mass is 16.5. The number of carbonyl (C=O) groups is 2. The molecule has 0 aromatic rings. The van der Waals surface area contributed by atoms with Crippen LogP contribution in [0, 0.1) is 11.3 Å². The topological polar surface area (TPSA) is 49.9 Å². The Kier molecular flexibility index (Phi) is 5.82.